The Bertz CT molecular complexity index is 406. The minimum atomic E-state index is 0.0186. The molecule has 0 aliphatic carbocycles. The second-order valence-electron chi connectivity index (χ2n) is 8.32. The van der Waals surface area contributed by atoms with Gasteiger partial charge in [-0.25, -0.2) is 0 Å². The molecule has 1 rings (SSSR count). The summed E-state index contributed by atoms with van der Waals surface area (Å²) in [5.74, 6) is 0.632. The van der Waals surface area contributed by atoms with Crippen molar-refractivity contribution in [2.24, 2.45) is 5.92 Å². The molecule has 0 radical (unpaired) electrons. The predicted molar refractivity (Wildman–Crippen MR) is 110 cm³/mol. The molecule has 1 aliphatic heterocycles. The molecule has 1 unspecified atom stereocenters. The monoisotopic (exact) mass is 379 g/mol. The molecule has 27 heavy (non-hydrogen) atoms. The van der Waals surface area contributed by atoms with E-state index in [0.717, 1.165) is 25.5 Å². The number of aldehydes is 1. The van der Waals surface area contributed by atoms with Crippen molar-refractivity contribution in [3.8, 4) is 0 Å². The van der Waals surface area contributed by atoms with Crippen LogP contribution in [-0.4, -0.2) is 29.5 Å². The number of hydrogen-bond acceptors (Lipinski definition) is 3. The predicted octanol–water partition coefficient (Wildman–Crippen LogP) is 5.82. The SMILES string of the molecule is CC(CCCCCCCCCCCCCCC=O)CCN1C(=O)CCC1=O. The van der Waals surface area contributed by atoms with E-state index in [9.17, 15) is 14.4 Å². The fourth-order valence-corrected chi connectivity index (χ4v) is 3.85. The highest BCUT2D eigenvalue weighted by Crippen LogP contribution is 2.18. The topological polar surface area (TPSA) is 54.5 Å². The van der Waals surface area contributed by atoms with E-state index in [4.69, 9.17) is 0 Å². The van der Waals surface area contributed by atoms with Gasteiger partial charge in [-0.3, -0.25) is 14.5 Å². The Morgan fingerprint density at radius 3 is 1.67 bits per heavy atom. The lowest BCUT2D eigenvalue weighted by Crippen LogP contribution is -2.30. The Morgan fingerprint density at radius 1 is 0.741 bits per heavy atom. The highest BCUT2D eigenvalue weighted by Gasteiger charge is 2.28. The van der Waals surface area contributed by atoms with E-state index in [1.165, 1.54) is 81.9 Å². The van der Waals surface area contributed by atoms with Gasteiger partial charge in [-0.05, 0) is 18.8 Å². The number of imide groups is 1. The number of carbonyl (C=O) groups is 3. The average Bonchev–Trinajstić information content (AvgIpc) is 2.98. The molecule has 1 saturated heterocycles. The van der Waals surface area contributed by atoms with Crippen molar-refractivity contribution < 1.29 is 14.4 Å². The van der Waals surface area contributed by atoms with E-state index in [1.807, 2.05) is 0 Å². The van der Waals surface area contributed by atoms with Gasteiger partial charge in [-0.2, -0.15) is 0 Å². The van der Waals surface area contributed by atoms with Gasteiger partial charge < -0.3 is 4.79 Å². The van der Waals surface area contributed by atoms with Crippen molar-refractivity contribution in [3.05, 3.63) is 0 Å². The Kier molecular flexibility index (Phi) is 14.0. The molecule has 1 aliphatic rings. The van der Waals surface area contributed by atoms with E-state index in [0.29, 0.717) is 25.3 Å². The minimum Gasteiger partial charge on any atom is -0.303 e. The lowest BCUT2D eigenvalue weighted by atomic mass is 9.98. The van der Waals surface area contributed by atoms with E-state index in [-0.39, 0.29) is 11.8 Å². The first-order valence-electron chi connectivity index (χ1n) is 11.4. The molecule has 0 aromatic rings. The summed E-state index contributed by atoms with van der Waals surface area (Å²) in [6, 6.07) is 0. The van der Waals surface area contributed by atoms with Crippen molar-refractivity contribution in [1.82, 2.24) is 4.90 Å². The van der Waals surface area contributed by atoms with Crippen LogP contribution in [0.1, 0.15) is 116 Å². The summed E-state index contributed by atoms with van der Waals surface area (Å²) >= 11 is 0. The molecule has 4 heteroatoms. The van der Waals surface area contributed by atoms with Crippen LogP contribution in [0.5, 0.6) is 0 Å². The molecule has 4 nitrogen and oxygen atoms in total. The maximum Gasteiger partial charge on any atom is 0.229 e. The standard InChI is InChI=1S/C23H41NO3/c1-21(18-19-24-22(26)16-17-23(24)27)15-13-11-9-7-5-3-2-4-6-8-10-12-14-20-25/h20-21H,2-19H2,1H3. The first kappa shape index (κ1) is 23.8. The number of nitrogens with zero attached hydrogens (tertiary/aromatic N) is 1. The number of hydrogen-bond donors (Lipinski definition) is 0. The third kappa shape index (κ3) is 12.0. The van der Waals surface area contributed by atoms with Crippen LogP contribution in [0.3, 0.4) is 0 Å². The lowest BCUT2D eigenvalue weighted by molar-refractivity contribution is -0.138. The van der Waals surface area contributed by atoms with Gasteiger partial charge in [-0.1, -0.05) is 84.0 Å². The van der Waals surface area contributed by atoms with Crippen LogP contribution < -0.4 is 0 Å². The lowest BCUT2D eigenvalue weighted by Gasteiger charge is -2.17. The van der Waals surface area contributed by atoms with Crippen LogP contribution in [-0.2, 0) is 14.4 Å². The second-order valence-corrected chi connectivity index (χ2v) is 8.32. The van der Waals surface area contributed by atoms with Crippen LogP contribution in [0.2, 0.25) is 0 Å². The maximum absolute atomic E-state index is 11.6. The third-order valence-electron chi connectivity index (χ3n) is 5.77. The average molecular weight is 380 g/mol. The van der Waals surface area contributed by atoms with Crippen LogP contribution in [0.4, 0.5) is 0 Å². The van der Waals surface area contributed by atoms with Crippen LogP contribution in [0.15, 0.2) is 0 Å². The van der Waals surface area contributed by atoms with Gasteiger partial charge in [-0.15, -0.1) is 0 Å². The molecule has 0 saturated carbocycles. The normalized spacial score (nSPS) is 15.5. The van der Waals surface area contributed by atoms with Crippen molar-refractivity contribution in [2.75, 3.05) is 6.54 Å². The molecule has 2 amide bonds. The summed E-state index contributed by atoms with van der Waals surface area (Å²) in [5.41, 5.74) is 0. The number of unbranched alkanes of at least 4 members (excludes halogenated alkanes) is 12. The highest BCUT2D eigenvalue weighted by atomic mass is 16.2. The van der Waals surface area contributed by atoms with Crippen LogP contribution in [0, 0.1) is 5.92 Å². The summed E-state index contributed by atoms with van der Waals surface area (Å²) in [6.45, 7) is 2.86. The van der Waals surface area contributed by atoms with Crippen LogP contribution in [0.25, 0.3) is 0 Å². The molecule has 1 heterocycles. The number of likely N-dealkylation sites (tertiary alicyclic amines) is 1. The molecule has 0 spiro atoms. The summed E-state index contributed by atoms with van der Waals surface area (Å²) in [5, 5.41) is 0. The van der Waals surface area contributed by atoms with Gasteiger partial charge in [0.25, 0.3) is 0 Å². The molecule has 156 valence electrons. The van der Waals surface area contributed by atoms with Crippen molar-refractivity contribution in [1.29, 1.82) is 0 Å². The molecular weight excluding hydrogens is 338 g/mol. The van der Waals surface area contributed by atoms with Crippen molar-refractivity contribution in [3.63, 3.8) is 0 Å². The van der Waals surface area contributed by atoms with Crippen LogP contribution >= 0.6 is 0 Å². The van der Waals surface area contributed by atoms with Gasteiger partial charge in [0.2, 0.25) is 11.8 Å². The van der Waals surface area contributed by atoms with Crippen molar-refractivity contribution in [2.45, 2.75) is 116 Å². The molecule has 1 fully saturated rings. The quantitative estimate of drug-likeness (QED) is 0.171. The third-order valence-corrected chi connectivity index (χ3v) is 5.77. The molecule has 0 bridgehead atoms. The fourth-order valence-electron chi connectivity index (χ4n) is 3.85. The Labute approximate surface area is 166 Å². The Balaban J connectivity index is 1.81. The Morgan fingerprint density at radius 2 is 1.19 bits per heavy atom. The smallest absolute Gasteiger partial charge is 0.229 e. The van der Waals surface area contributed by atoms with E-state index in [2.05, 4.69) is 6.92 Å². The van der Waals surface area contributed by atoms with Gasteiger partial charge in [0.1, 0.15) is 6.29 Å². The van der Waals surface area contributed by atoms with Gasteiger partial charge in [0.05, 0.1) is 0 Å². The molecule has 0 aromatic heterocycles. The number of rotatable bonds is 18. The fraction of sp³-hybridized carbons (Fsp3) is 0.870. The number of amides is 2. The summed E-state index contributed by atoms with van der Waals surface area (Å²) in [4.78, 5) is 34.9. The maximum atomic E-state index is 11.6. The minimum absolute atomic E-state index is 0.0186. The zero-order valence-electron chi connectivity index (χ0n) is 17.6. The largest absolute Gasteiger partial charge is 0.303 e. The highest BCUT2D eigenvalue weighted by molar-refractivity contribution is 6.01. The van der Waals surface area contributed by atoms with E-state index >= 15 is 0 Å². The first-order valence-corrected chi connectivity index (χ1v) is 11.4. The van der Waals surface area contributed by atoms with Crippen molar-refractivity contribution >= 4 is 18.1 Å². The summed E-state index contributed by atoms with van der Waals surface area (Å²) in [7, 11) is 0. The van der Waals surface area contributed by atoms with E-state index in [1.54, 1.807) is 0 Å². The molecule has 0 N–H and O–H groups in total. The summed E-state index contributed by atoms with van der Waals surface area (Å²) in [6.07, 6.45) is 20.3. The first-order chi connectivity index (χ1) is 13.1. The second kappa shape index (κ2) is 15.8. The van der Waals surface area contributed by atoms with E-state index < -0.39 is 0 Å². The summed E-state index contributed by atoms with van der Waals surface area (Å²) < 4.78 is 0. The molecule has 1 atom stereocenters. The zero-order valence-corrected chi connectivity index (χ0v) is 17.6. The number of carbonyl (C=O) groups excluding carboxylic acids is 3. The zero-order chi connectivity index (χ0) is 19.7. The van der Waals surface area contributed by atoms with Gasteiger partial charge in [0.15, 0.2) is 0 Å². The molecular formula is C23H41NO3. The molecule has 0 aromatic carbocycles. The Hall–Kier alpha value is -1.19. The van der Waals surface area contributed by atoms with Gasteiger partial charge in [0, 0.05) is 25.8 Å². The van der Waals surface area contributed by atoms with Gasteiger partial charge >= 0.3 is 0 Å².